The Hall–Kier alpha value is -2.92. The lowest BCUT2D eigenvalue weighted by Gasteiger charge is -2.21. The number of benzene rings is 1. The van der Waals surface area contributed by atoms with Crippen LogP contribution in [0.4, 0.5) is 24.9 Å². The number of anilines is 2. The van der Waals surface area contributed by atoms with Crippen LogP contribution in [-0.2, 0) is 12.7 Å². The van der Waals surface area contributed by atoms with Gasteiger partial charge in [0.2, 0.25) is 5.95 Å². The Morgan fingerprint density at radius 3 is 2.26 bits per heavy atom. The molecule has 3 aromatic rings. The summed E-state index contributed by atoms with van der Waals surface area (Å²) in [7, 11) is 0. The molecule has 168 valence electrons. The number of nitrogens with one attached hydrogen (secondary N) is 1. The van der Waals surface area contributed by atoms with E-state index < -0.39 is 11.7 Å². The van der Waals surface area contributed by atoms with E-state index in [9.17, 15) is 23.4 Å². The van der Waals surface area contributed by atoms with Crippen molar-refractivity contribution in [1.82, 2.24) is 19.5 Å². The number of imidazole rings is 1. The van der Waals surface area contributed by atoms with Gasteiger partial charge in [0.1, 0.15) is 0 Å². The fourth-order valence-electron chi connectivity index (χ4n) is 3.10. The van der Waals surface area contributed by atoms with Crippen LogP contribution in [0.3, 0.4) is 0 Å². The number of rotatable bonds is 9. The van der Waals surface area contributed by atoms with Gasteiger partial charge in [-0.25, -0.2) is 4.98 Å². The zero-order valence-electron chi connectivity index (χ0n) is 17.3. The number of aromatic nitrogens is 4. The minimum Gasteiger partial charge on any atom is -0.395 e. The molecule has 0 radical (unpaired) electrons. The fraction of sp³-hybridized carbons (Fsp3) is 0.450. The summed E-state index contributed by atoms with van der Waals surface area (Å²) in [6, 6.07) is 4.97. The van der Waals surface area contributed by atoms with Gasteiger partial charge in [0, 0.05) is 25.7 Å². The van der Waals surface area contributed by atoms with E-state index in [0.29, 0.717) is 28.5 Å². The second-order valence-electron chi connectivity index (χ2n) is 7.27. The molecule has 8 nitrogen and oxygen atoms in total. The highest BCUT2D eigenvalue weighted by Gasteiger charge is 2.29. The highest BCUT2D eigenvalue weighted by Crippen LogP contribution is 2.29. The molecule has 2 heterocycles. The van der Waals surface area contributed by atoms with Gasteiger partial charge in [-0.05, 0) is 31.5 Å². The number of nitrogens with zero attached hydrogens (tertiary/aromatic N) is 5. The monoisotopic (exact) mass is 438 g/mol. The van der Waals surface area contributed by atoms with Gasteiger partial charge in [-0.2, -0.15) is 23.1 Å². The van der Waals surface area contributed by atoms with Gasteiger partial charge in [0.05, 0.1) is 25.1 Å². The Bertz CT molecular complexity index is 999. The highest BCUT2D eigenvalue weighted by molar-refractivity contribution is 5.84. The van der Waals surface area contributed by atoms with Crippen LogP contribution in [0.15, 0.2) is 30.6 Å². The SMILES string of the molecule is CC(C)n1cnc2c(NCc3ccc(C(F)(F)F)cc3)nc(N(CCO)CCO)nc21. The summed E-state index contributed by atoms with van der Waals surface area (Å²) in [6.07, 6.45) is -2.73. The largest absolute Gasteiger partial charge is 0.416 e. The third-order valence-corrected chi connectivity index (χ3v) is 4.73. The molecule has 0 fully saturated rings. The lowest BCUT2D eigenvalue weighted by molar-refractivity contribution is -0.137. The molecule has 0 saturated carbocycles. The van der Waals surface area contributed by atoms with Crippen LogP contribution < -0.4 is 10.2 Å². The molecule has 2 aromatic heterocycles. The standard InChI is InChI=1S/C20H25F3N6O2/c1-13(2)29-12-25-16-17(24-11-14-3-5-15(6-4-14)20(21,22)23)26-19(27-18(16)29)28(7-9-30)8-10-31/h3-6,12-13,30-31H,7-11H2,1-2H3,(H,24,26,27). The minimum absolute atomic E-state index is 0.0830. The molecule has 0 unspecified atom stereocenters. The van der Waals surface area contributed by atoms with E-state index in [4.69, 9.17) is 0 Å². The number of halogens is 3. The zero-order chi connectivity index (χ0) is 22.6. The first-order valence-electron chi connectivity index (χ1n) is 9.85. The maximum absolute atomic E-state index is 12.8. The fourth-order valence-corrected chi connectivity index (χ4v) is 3.10. The van der Waals surface area contributed by atoms with E-state index >= 15 is 0 Å². The van der Waals surface area contributed by atoms with Crippen molar-refractivity contribution in [3.05, 3.63) is 41.7 Å². The third-order valence-electron chi connectivity index (χ3n) is 4.73. The van der Waals surface area contributed by atoms with Crippen LogP contribution in [0.1, 0.15) is 31.0 Å². The predicted molar refractivity (Wildman–Crippen MR) is 111 cm³/mol. The number of hydrogen-bond acceptors (Lipinski definition) is 7. The summed E-state index contributed by atoms with van der Waals surface area (Å²) in [4.78, 5) is 15.1. The number of fused-ring (bicyclic) bond motifs is 1. The molecule has 0 aliphatic rings. The normalized spacial score (nSPS) is 12.0. The van der Waals surface area contributed by atoms with Crippen LogP contribution in [0.5, 0.6) is 0 Å². The van der Waals surface area contributed by atoms with Crippen molar-refractivity contribution >= 4 is 22.9 Å². The van der Waals surface area contributed by atoms with Crippen LogP contribution in [0, 0.1) is 0 Å². The van der Waals surface area contributed by atoms with Crippen LogP contribution >= 0.6 is 0 Å². The molecule has 0 amide bonds. The Morgan fingerprint density at radius 1 is 1.06 bits per heavy atom. The lowest BCUT2D eigenvalue weighted by Crippen LogP contribution is -2.31. The smallest absolute Gasteiger partial charge is 0.395 e. The van der Waals surface area contributed by atoms with Gasteiger partial charge in [0.25, 0.3) is 0 Å². The second-order valence-corrected chi connectivity index (χ2v) is 7.27. The number of aliphatic hydroxyl groups is 2. The minimum atomic E-state index is -4.38. The van der Waals surface area contributed by atoms with E-state index in [-0.39, 0.29) is 38.9 Å². The van der Waals surface area contributed by atoms with Crippen LogP contribution in [0.25, 0.3) is 11.2 Å². The van der Waals surface area contributed by atoms with E-state index in [1.807, 2.05) is 18.4 Å². The summed E-state index contributed by atoms with van der Waals surface area (Å²) in [5, 5.41) is 21.8. The first-order chi connectivity index (χ1) is 14.7. The number of alkyl halides is 3. The van der Waals surface area contributed by atoms with Gasteiger partial charge in [0.15, 0.2) is 17.0 Å². The van der Waals surface area contributed by atoms with Gasteiger partial charge in [-0.1, -0.05) is 12.1 Å². The van der Waals surface area contributed by atoms with E-state index in [1.165, 1.54) is 12.1 Å². The maximum atomic E-state index is 12.8. The topological polar surface area (TPSA) is 99.3 Å². The van der Waals surface area contributed by atoms with Crippen molar-refractivity contribution in [1.29, 1.82) is 0 Å². The van der Waals surface area contributed by atoms with Gasteiger partial charge < -0.3 is 25.0 Å². The Kier molecular flexibility index (Phi) is 6.96. The van der Waals surface area contributed by atoms with Crippen molar-refractivity contribution in [2.24, 2.45) is 0 Å². The van der Waals surface area contributed by atoms with Crippen molar-refractivity contribution in [3.8, 4) is 0 Å². The summed E-state index contributed by atoms with van der Waals surface area (Å²) < 4.78 is 40.2. The molecule has 0 aliphatic heterocycles. The molecule has 3 N–H and O–H groups in total. The molecule has 0 saturated heterocycles. The summed E-state index contributed by atoms with van der Waals surface area (Å²) in [6.45, 7) is 4.39. The van der Waals surface area contributed by atoms with Gasteiger partial charge >= 0.3 is 6.18 Å². The first-order valence-corrected chi connectivity index (χ1v) is 9.85. The summed E-state index contributed by atoms with van der Waals surface area (Å²) in [5.74, 6) is 0.730. The van der Waals surface area contributed by atoms with Crippen molar-refractivity contribution in [2.45, 2.75) is 32.6 Å². The highest BCUT2D eigenvalue weighted by atomic mass is 19.4. The first kappa shape index (κ1) is 22.8. The maximum Gasteiger partial charge on any atom is 0.416 e. The summed E-state index contributed by atoms with van der Waals surface area (Å²) >= 11 is 0. The molecule has 31 heavy (non-hydrogen) atoms. The van der Waals surface area contributed by atoms with Gasteiger partial charge in [-0.15, -0.1) is 0 Å². The van der Waals surface area contributed by atoms with E-state index in [2.05, 4.69) is 20.3 Å². The average molecular weight is 438 g/mol. The zero-order valence-corrected chi connectivity index (χ0v) is 17.3. The van der Waals surface area contributed by atoms with Crippen LogP contribution in [0.2, 0.25) is 0 Å². The van der Waals surface area contributed by atoms with Crippen molar-refractivity contribution < 1.29 is 23.4 Å². The van der Waals surface area contributed by atoms with E-state index in [0.717, 1.165) is 12.1 Å². The molecule has 1 aromatic carbocycles. The van der Waals surface area contributed by atoms with Crippen molar-refractivity contribution in [2.75, 3.05) is 36.5 Å². The lowest BCUT2D eigenvalue weighted by atomic mass is 10.1. The second kappa shape index (κ2) is 9.48. The van der Waals surface area contributed by atoms with Crippen molar-refractivity contribution in [3.63, 3.8) is 0 Å². The molecule has 0 aliphatic carbocycles. The van der Waals surface area contributed by atoms with Gasteiger partial charge in [-0.3, -0.25) is 0 Å². The Morgan fingerprint density at radius 2 is 1.71 bits per heavy atom. The molecule has 11 heteroatoms. The molecular formula is C20H25F3N6O2. The average Bonchev–Trinajstić information content (AvgIpc) is 3.16. The third kappa shape index (κ3) is 5.23. The molecule has 0 spiro atoms. The Labute approximate surface area is 177 Å². The molecular weight excluding hydrogens is 413 g/mol. The molecule has 0 bridgehead atoms. The van der Waals surface area contributed by atoms with Crippen LogP contribution in [-0.4, -0.2) is 56.0 Å². The Balaban J connectivity index is 1.94. The molecule has 0 atom stereocenters. The predicted octanol–water partition coefficient (Wildman–Crippen LogP) is 2.83. The quantitative estimate of drug-likeness (QED) is 0.472. The number of hydrogen-bond donors (Lipinski definition) is 3. The van der Waals surface area contributed by atoms with E-state index in [1.54, 1.807) is 11.2 Å². The molecule has 3 rings (SSSR count). The summed E-state index contributed by atoms with van der Waals surface area (Å²) in [5.41, 5.74) is 1.04. The number of aliphatic hydroxyl groups excluding tert-OH is 2.